The van der Waals surface area contributed by atoms with Gasteiger partial charge in [0, 0.05) is 24.5 Å². The van der Waals surface area contributed by atoms with Crippen molar-refractivity contribution in [2.45, 2.75) is 12.5 Å². The molecule has 0 spiro atoms. The minimum Gasteiger partial charge on any atom is -0.453 e. The molecule has 0 aliphatic carbocycles. The van der Waals surface area contributed by atoms with Crippen molar-refractivity contribution in [1.82, 2.24) is 9.88 Å². The lowest BCUT2D eigenvalue weighted by atomic mass is 10.1. The molecule has 1 aromatic carbocycles. The second kappa shape index (κ2) is 5.90. The summed E-state index contributed by atoms with van der Waals surface area (Å²) in [5, 5.41) is 13.4. The van der Waals surface area contributed by atoms with Crippen molar-refractivity contribution in [3.05, 3.63) is 35.9 Å². The van der Waals surface area contributed by atoms with Crippen molar-refractivity contribution in [3.8, 4) is 6.07 Å². The standard InChI is InChI=1S/C16H16N4O2/c1-22-16(21)20-7-6-12(10-20)18-15-8-11(9-17)13-4-2-3-5-14(13)19-15/h2-5,8,12H,6-7,10H2,1H3,(H,18,19)/t12-/m1/s1. The molecule has 0 unspecified atom stereocenters. The molecule has 112 valence electrons. The van der Waals surface area contributed by atoms with E-state index in [2.05, 4.69) is 16.4 Å². The smallest absolute Gasteiger partial charge is 0.409 e. The number of fused-ring (bicyclic) bond motifs is 1. The molecule has 1 atom stereocenters. The third kappa shape index (κ3) is 2.66. The fourth-order valence-electron chi connectivity index (χ4n) is 2.72. The molecule has 1 aliphatic heterocycles. The Morgan fingerprint density at radius 1 is 1.50 bits per heavy atom. The quantitative estimate of drug-likeness (QED) is 0.920. The van der Waals surface area contributed by atoms with Crippen LogP contribution in [0.1, 0.15) is 12.0 Å². The average molecular weight is 296 g/mol. The molecule has 1 saturated heterocycles. The third-order valence-electron chi connectivity index (χ3n) is 3.81. The maximum Gasteiger partial charge on any atom is 0.409 e. The van der Waals surface area contributed by atoms with Crippen LogP contribution < -0.4 is 5.32 Å². The van der Waals surface area contributed by atoms with Crippen LogP contribution in [0.25, 0.3) is 10.9 Å². The van der Waals surface area contributed by atoms with Crippen LogP contribution in [0.3, 0.4) is 0 Å². The van der Waals surface area contributed by atoms with Gasteiger partial charge in [-0.1, -0.05) is 18.2 Å². The number of nitrogens with one attached hydrogen (secondary N) is 1. The number of likely N-dealkylation sites (tertiary alicyclic amines) is 1. The number of carbonyl (C=O) groups excluding carboxylic acids is 1. The van der Waals surface area contributed by atoms with Crippen molar-refractivity contribution in [2.75, 3.05) is 25.5 Å². The van der Waals surface area contributed by atoms with Gasteiger partial charge in [0.2, 0.25) is 0 Å². The Bertz CT molecular complexity index is 753. The highest BCUT2D eigenvalue weighted by Gasteiger charge is 2.27. The number of nitriles is 1. The number of benzene rings is 1. The predicted molar refractivity (Wildman–Crippen MR) is 82.5 cm³/mol. The van der Waals surface area contributed by atoms with Crippen LogP contribution in [0.2, 0.25) is 0 Å². The van der Waals surface area contributed by atoms with Crippen LogP contribution >= 0.6 is 0 Å². The lowest BCUT2D eigenvalue weighted by Gasteiger charge is -2.16. The van der Waals surface area contributed by atoms with Gasteiger partial charge < -0.3 is 15.0 Å². The lowest BCUT2D eigenvalue weighted by Crippen LogP contribution is -2.31. The van der Waals surface area contributed by atoms with Crippen molar-refractivity contribution in [1.29, 1.82) is 5.26 Å². The van der Waals surface area contributed by atoms with Crippen molar-refractivity contribution >= 4 is 22.8 Å². The van der Waals surface area contributed by atoms with Crippen LogP contribution in [0.4, 0.5) is 10.6 Å². The van der Waals surface area contributed by atoms with Crippen molar-refractivity contribution in [2.24, 2.45) is 0 Å². The molecule has 1 aliphatic rings. The molecule has 6 nitrogen and oxygen atoms in total. The number of para-hydroxylation sites is 1. The molecule has 2 aromatic rings. The van der Waals surface area contributed by atoms with Gasteiger partial charge >= 0.3 is 6.09 Å². The first kappa shape index (κ1) is 14.1. The van der Waals surface area contributed by atoms with E-state index in [4.69, 9.17) is 4.74 Å². The fraction of sp³-hybridized carbons (Fsp3) is 0.312. The van der Waals surface area contributed by atoms with Crippen molar-refractivity contribution < 1.29 is 9.53 Å². The molecule has 6 heteroatoms. The Morgan fingerprint density at radius 3 is 3.09 bits per heavy atom. The van der Waals surface area contributed by atoms with Gasteiger partial charge in [-0.3, -0.25) is 0 Å². The summed E-state index contributed by atoms with van der Waals surface area (Å²) in [6.07, 6.45) is 0.513. The van der Waals surface area contributed by atoms with Gasteiger partial charge in [0.05, 0.1) is 24.3 Å². The van der Waals surface area contributed by atoms with Gasteiger partial charge in [-0.25, -0.2) is 9.78 Å². The van der Waals surface area contributed by atoms with E-state index in [-0.39, 0.29) is 12.1 Å². The van der Waals surface area contributed by atoms with Crippen LogP contribution in [-0.2, 0) is 4.74 Å². The van der Waals surface area contributed by atoms with E-state index in [1.807, 2.05) is 24.3 Å². The van der Waals surface area contributed by atoms with E-state index in [0.29, 0.717) is 24.5 Å². The summed E-state index contributed by atoms with van der Waals surface area (Å²) >= 11 is 0. The minimum atomic E-state index is -0.312. The number of pyridine rings is 1. The summed E-state index contributed by atoms with van der Waals surface area (Å²) in [6, 6.07) is 11.6. The number of nitrogens with zero attached hydrogens (tertiary/aromatic N) is 3. The van der Waals surface area contributed by atoms with E-state index in [1.54, 1.807) is 11.0 Å². The monoisotopic (exact) mass is 296 g/mol. The normalized spacial score (nSPS) is 17.3. The Labute approximate surface area is 128 Å². The molecular formula is C16H16N4O2. The number of hydrogen-bond acceptors (Lipinski definition) is 5. The molecular weight excluding hydrogens is 280 g/mol. The first-order valence-electron chi connectivity index (χ1n) is 7.10. The highest BCUT2D eigenvalue weighted by Crippen LogP contribution is 2.22. The molecule has 22 heavy (non-hydrogen) atoms. The Hall–Kier alpha value is -2.81. The zero-order valence-corrected chi connectivity index (χ0v) is 12.2. The zero-order chi connectivity index (χ0) is 15.5. The van der Waals surface area contributed by atoms with Crippen molar-refractivity contribution in [3.63, 3.8) is 0 Å². The molecule has 0 bridgehead atoms. The number of aromatic nitrogens is 1. The van der Waals surface area contributed by atoms with Crippen LogP contribution in [0.15, 0.2) is 30.3 Å². The van der Waals surface area contributed by atoms with Crippen LogP contribution in [-0.4, -0.2) is 42.2 Å². The molecule has 1 N–H and O–H groups in total. The molecule has 0 saturated carbocycles. The van der Waals surface area contributed by atoms with Gasteiger partial charge in [-0.2, -0.15) is 5.26 Å². The molecule has 1 aromatic heterocycles. The van der Waals surface area contributed by atoms with E-state index in [1.165, 1.54) is 7.11 Å². The highest BCUT2D eigenvalue weighted by molar-refractivity contribution is 5.86. The summed E-state index contributed by atoms with van der Waals surface area (Å²) in [7, 11) is 1.38. The largest absolute Gasteiger partial charge is 0.453 e. The third-order valence-corrected chi connectivity index (χ3v) is 3.81. The fourth-order valence-corrected chi connectivity index (χ4v) is 2.72. The van der Waals surface area contributed by atoms with E-state index >= 15 is 0 Å². The number of methoxy groups -OCH3 is 1. The number of amides is 1. The number of ether oxygens (including phenoxy) is 1. The SMILES string of the molecule is COC(=O)N1CC[C@@H](Nc2cc(C#N)c3ccccc3n2)C1. The Kier molecular flexibility index (Phi) is 3.79. The molecule has 3 rings (SSSR count). The van der Waals surface area contributed by atoms with E-state index in [0.717, 1.165) is 17.3 Å². The van der Waals surface area contributed by atoms with Gasteiger partial charge in [-0.05, 0) is 18.6 Å². The molecule has 1 fully saturated rings. The first-order valence-corrected chi connectivity index (χ1v) is 7.10. The van der Waals surface area contributed by atoms with Crippen LogP contribution in [0.5, 0.6) is 0 Å². The van der Waals surface area contributed by atoms with Gasteiger partial charge in [-0.15, -0.1) is 0 Å². The summed E-state index contributed by atoms with van der Waals surface area (Å²) in [5.74, 6) is 0.659. The first-order chi connectivity index (χ1) is 10.7. The Balaban J connectivity index is 1.80. The highest BCUT2D eigenvalue weighted by atomic mass is 16.5. The zero-order valence-electron chi connectivity index (χ0n) is 12.2. The average Bonchev–Trinajstić information content (AvgIpc) is 3.01. The number of rotatable bonds is 2. The number of hydrogen-bond donors (Lipinski definition) is 1. The second-order valence-electron chi connectivity index (χ2n) is 5.23. The van der Waals surface area contributed by atoms with Gasteiger partial charge in [0.15, 0.2) is 0 Å². The van der Waals surface area contributed by atoms with E-state index < -0.39 is 0 Å². The molecule has 1 amide bonds. The minimum absolute atomic E-state index is 0.110. The summed E-state index contributed by atoms with van der Waals surface area (Å²) in [6.45, 7) is 1.23. The number of anilines is 1. The summed E-state index contributed by atoms with van der Waals surface area (Å²) in [4.78, 5) is 17.7. The number of carbonyl (C=O) groups is 1. The molecule has 2 heterocycles. The summed E-state index contributed by atoms with van der Waals surface area (Å²) in [5.41, 5.74) is 1.38. The predicted octanol–water partition coefficient (Wildman–Crippen LogP) is 2.36. The van der Waals surface area contributed by atoms with Gasteiger partial charge in [0.25, 0.3) is 0 Å². The Morgan fingerprint density at radius 2 is 2.32 bits per heavy atom. The maximum absolute atomic E-state index is 11.5. The lowest BCUT2D eigenvalue weighted by molar-refractivity contribution is 0.133. The molecule has 0 radical (unpaired) electrons. The topological polar surface area (TPSA) is 78.2 Å². The summed E-state index contributed by atoms with van der Waals surface area (Å²) < 4.78 is 4.73. The van der Waals surface area contributed by atoms with Crippen LogP contribution in [0, 0.1) is 11.3 Å². The second-order valence-corrected chi connectivity index (χ2v) is 5.23. The maximum atomic E-state index is 11.5. The van der Waals surface area contributed by atoms with E-state index in [9.17, 15) is 10.1 Å². The van der Waals surface area contributed by atoms with Gasteiger partial charge in [0.1, 0.15) is 5.82 Å².